The Morgan fingerprint density at radius 3 is 2.43 bits per heavy atom. The normalized spacial score (nSPS) is 13.8. The third-order valence-corrected chi connectivity index (χ3v) is 5.45. The van der Waals surface area contributed by atoms with Crippen LogP contribution in [0.1, 0.15) is 52.5 Å². The van der Waals surface area contributed by atoms with E-state index in [1.807, 2.05) is 6.92 Å². The molecule has 0 aliphatic heterocycles. The van der Waals surface area contributed by atoms with Crippen molar-refractivity contribution in [2.24, 2.45) is 0 Å². The Labute approximate surface area is 180 Å². The summed E-state index contributed by atoms with van der Waals surface area (Å²) in [6.45, 7) is 3.63. The zero-order valence-electron chi connectivity index (χ0n) is 17.1. The number of carbonyl (C=O) groups excluding carboxylic acids is 3. The number of halogens is 1. The minimum atomic E-state index is -0.478. The van der Waals surface area contributed by atoms with Gasteiger partial charge in [-0.3, -0.25) is 9.59 Å². The second-order valence-electron chi connectivity index (χ2n) is 7.18. The molecule has 0 spiro atoms. The molecule has 2 N–H and O–H groups in total. The molecule has 2 aromatic carbocycles. The van der Waals surface area contributed by atoms with Crippen LogP contribution in [0, 0.1) is 6.92 Å². The lowest BCUT2D eigenvalue weighted by molar-refractivity contribution is -0.116. The fraction of sp³-hybridized carbons (Fsp3) is 0.261. The number of hydrogen-bond donors (Lipinski definition) is 2. The molecule has 1 aliphatic rings. The van der Waals surface area contributed by atoms with Gasteiger partial charge in [0.05, 0.1) is 23.4 Å². The molecule has 0 unspecified atom stereocenters. The summed E-state index contributed by atoms with van der Waals surface area (Å²) in [6, 6.07) is 9.87. The Bertz CT molecular complexity index is 1060. The van der Waals surface area contributed by atoms with E-state index in [2.05, 4.69) is 10.6 Å². The molecule has 0 fully saturated rings. The highest BCUT2D eigenvalue weighted by atomic mass is 35.5. The number of anilines is 2. The Hall–Kier alpha value is -3.12. The maximum atomic E-state index is 12.8. The zero-order chi connectivity index (χ0) is 21.8. The van der Waals surface area contributed by atoms with Crippen LogP contribution in [0.5, 0.6) is 0 Å². The van der Waals surface area contributed by atoms with E-state index < -0.39 is 5.97 Å². The summed E-state index contributed by atoms with van der Waals surface area (Å²) in [5.74, 6) is -0.700. The van der Waals surface area contributed by atoms with Gasteiger partial charge in [-0.25, -0.2) is 4.79 Å². The number of amides is 1. The van der Waals surface area contributed by atoms with E-state index in [9.17, 15) is 14.4 Å². The molecule has 0 saturated heterocycles. The molecule has 7 heteroatoms. The van der Waals surface area contributed by atoms with E-state index in [1.165, 1.54) is 7.11 Å². The average Bonchev–Trinajstić information content (AvgIpc) is 2.73. The molecular formula is C23H23ClN2O4. The molecular weight excluding hydrogens is 404 g/mol. The van der Waals surface area contributed by atoms with Crippen molar-refractivity contribution in [3.8, 4) is 0 Å². The predicted octanol–water partition coefficient (Wildman–Crippen LogP) is 5.13. The molecule has 0 saturated carbocycles. The van der Waals surface area contributed by atoms with Crippen LogP contribution in [-0.2, 0) is 9.53 Å². The number of aryl methyl sites for hydroxylation is 1. The first-order valence-electron chi connectivity index (χ1n) is 9.60. The van der Waals surface area contributed by atoms with Gasteiger partial charge in [-0.15, -0.1) is 0 Å². The summed E-state index contributed by atoms with van der Waals surface area (Å²) in [5, 5.41) is 6.50. The van der Waals surface area contributed by atoms with Gasteiger partial charge < -0.3 is 15.4 Å². The fourth-order valence-corrected chi connectivity index (χ4v) is 3.41. The standard InChI is InChI=1S/C23H23ClN2O4/c1-13-7-8-16(23(29)30-3)12-19(13)26-22(28)15-9-10-17(24)20(11-15)25-18-5-4-6-21(27)14(18)2/h7-12,25H,4-6H2,1-3H3,(H,26,28). The number of benzene rings is 2. The van der Waals surface area contributed by atoms with Crippen LogP contribution in [0.4, 0.5) is 11.4 Å². The van der Waals surface area contributed by atoms with Crippen LogP contribution >= 0.6 is 11.6 Å². The van der Waals surface area contributed by atoms with Crippen LogP contribution in [0.3, 0.4) is 0 Å². The summed E-state index contributed by atoms with van der Waals surface area (Å²) < 4.78 is 4.74. The third-order valence-electron chi connectivity index (χ3n) is 5.12. The lowest BCUT2D eigenvalue weighted by Crippen LogP contribution is -2.16. The first-order chi connectivity index (χ1) is 14.3. The van der Waals surface area contributed by atoms with Crippen molar-refractivity contribution in [1.29, 1.82) is 0 Å². The lowest BCUT2D eigenvalue weighted by atomic mass is 9.96. The number of carbonyl (C=O) groups is 3. The number of esters is 1. The number of hydrogen-bond acceptors (Lipinski definition) is 5. The van der Waals surface area contributed by atoms with Crippen LogP contribution in [-0.4, -0.2) is 24.8 Å². The van der Waals surface area contributed by atoms with Crippen molar-refractivity contribution in [3.63, 3.8) is 0 Å². The van der Waals surface area contributed by atoms with Crippen LogP contribution in [0.15, 0.2) is 47.7 Å². The zero-order valence-corrected chi connectivity index (χ0v) is 17.9. The van der Waals surface area contributed by atoms with Gasteiger partial charge in [-0.2, -0.15) is 0 Å². The Morgan fingerprint density at radius 1 is 1.00 bits per heavy atom. The third kappa shape index (κ3) is 4.71. The molecule has 0 heterocycles. The van der Waals surface area contributed by atoms with E-state index in [0.717, 1.165) is 24.1 Å². The van der Waals surface area contributed by atoms with E-state index in [4.69, 9.17) is 16.3 Å². The lowest BCUT2D eigenvalue weighted by Gasteiger charge is -2.19. The molecule has 6 nitrogen and oxygen atoms in total. The molecule has 0 radical (unpaired) electrons. The first kappa shape index (κ1) is 21.6. The second-order valence-corrected chi connectivity index (χ2v) is 7.58. The number of rotatable bonds is 5. The summed E-state index contributed by atoms with van der Waals surface area (Å²) in [7, 11) is 1.31. The number of Topliss-reactive ketones (excluding diaryl/α,β-unsaturated/α-hetero) is 1. The number of ether oxygens (including phenoxy) is 1. The molecule has 1 aliphatic carbocycles. The quantitative estimate of drug-likeness (QED) is 0.647. The molecule has 3 rings (SSSR count). The molecule has 2 aromatic rings. The molecule has 1 amide bonds. The number of allylic oxidation sites excluding steroid dienone is 2. The minimum absolute atomic E-state index is 0.120. The highest BCUT2D eigenvalue weighted by molar-refractivity contribution is 6.33. The monoisotopic (exact) mass is 426 g/mol. The van der Waals surface area contributed by atoms with E-state index in [-0.39, 0.29) is 11.7 Å². The second kappa shape index (κ2) is 9.13. The predicted molar refractivity (Wildman–Crippen MR) is 117 cm³/mol. The van der Waals surface area contributed by atoms with Gasteiger partial charge in [-0.05, 0) is 62.6 Å². The van der Waals surface area contributed by atoms with Crippen molar-refractivity contribution in [1.82, 2.24) is 0 Å². The van der Waals surface area contributed by atoms with E-state index >= 15 is 0 Å². The van der Waals surface area contributed by atoms with Gasteiger partial charge in [0.2, 0.25) is 0 Å². The SMILES string of the molecule is COC(=O)c1ccc(C)c(NC(=O)c2ccc(Cl)c(NC3=C(C)C(=O)CCC3)c2)c1. The Balaban J connectivity index is 1.84. The van der Waals surface area contributed by atoms with Crippen molar-refractivity contribution in [2.75, 3.05) is 17.7 Å². The minimum Gasteiger partial charge on any atom is -0.465 e. The van der Waals surface area contributed by atoms with Crippen LogP contribution in [0.2, 0.25) is 5.02 Å². The largest absolute Gasteiger partial charge is 0.465 e. The van der Waals surface area contributed by atoms with Crippen LogP contribution in [0.25, 0.3) is 0 Å². The van der Waals surface area contributed by atoms with Crippen molar-refractivity contribution >= 4 is 40.6 Å². The Kier molecular flexibility index (Phi) is 6.57. The van der Waals surface area contributed by atoms with E-state index in [0.29, 0.717) is 39.5 Å². The molecule has 30 heavy (non-hydrogen) atoms. The molecule has 0 atom stereocenters. The van der Waals surface area contributed by atoms with Crippen LogP contribution < -0.4 is 10.6 Å². The number of methoxy groups -OCH3 is 1. The first-order valence-corrected chi connectivity index (χ1v) is 9.97. The average molecular weight is 427 g/mol. The summed E-state index contributed by atoms with van der Waals surface area (Å²) in [5.41, 5.74) is 4.16. The van der Waals surface area contributed by atoms with Crippen molar-refractivity contribution in [2.45, 2.75) is 33.1 Å². The van der Waals surface area contributed by atoms with Crippen molar-refractivity contribution in [3.05, 3.63) is 69.4 Å². The number of nitrogens with one attached hydrogen (secondary N) is 2. The van der Waals surface area contributed by atoms with Gasteiger partial charge >= 0.3 is 5.97 Å². The maximum Gasteiger partial charge on any atom is 0.337 e. The van der Waals surface area contributed by atoms with Gasteiger partial charge in [-0.1, -0.05) is 17.7 Å². The van der Waals surface area contributed by atoms with Gasteiger partial charge in [0.25, 0.3) is 5.91 Å². The highest BCUT2D eigenvalue weighted by Gasteiger charge is 2.18. The van der Waals surface area contributed by atoms with Gasteiger partial charge in [0, 0.05) is 28.9 Å². The Morgan fingerprint density at radius 2 is 1.70 bits per heavy atom. The summed E-state index contributed by atoms with van der Waals surface area (Å²) in [6.07, 6.45) is 2.09. The maximum absolute atomic E-state index is 12.8. The molecule has 0 aromatic heterocycles. The highest BCUT2D eigenvalue weighted by Crippen LogP contribution is 2.29. The molecule has 0 bridgehead atoms. The summed E-state index contributed by atoms with van der Waals surface area (Å²) in [4.78, 5) is 36.6. The topological polar surface area (TPSA) is 84.5 Å². The number of ketones is 1. The smallest absolute Gasteiger partial charge is 0.337 e. The van der Waals surface area contributed by atoms with Crippen molar-refractivity contribution < 1.29 is 19.1 Å². The summed E-state index contributed by atoms with van der Waals surface area (Å²) >= 11 is 6.31. The molecule has 156 valence electrons. The fourth-order valence-electron chi connectivity index (χ4n) is 3.25. The van der Waals surface area contributed by atoms with Gasteiger partial charge in [0.15, 0.2) is 5.78 Å². The van der Waals surface area contributed by atoms with Gasteiger partial charge in [0.1, 0.15) is 0 Å². The van der Waals surface area contributed by atoms with E-state index in [1.54, 1.807) is 43.3 Å².